The Balaban J connectivity index is 1.60. The average Bonchev–Trinajstić information content (AvgIpc) is 2.81. The van der Waals surface area contributed by atoms with Gasteiger partial charge in [-0.1, -0.05) is 84.4 Å². The van der Waals surface area contributed by atoms with Crippen LogP contribution in [-0.4, -0.2) is 17.5 Å². The van der Waals surface area contributed by atoms with Crippen molar-refractivity contribution in [3.8, 4) is 0 Å². The number of aryl methyl sites for hydroxylation is 2. The molecule has 3 aromatic carbocycles. The lowest BCUT2D eigenvalue weighted by Gasteiger charge is -2.09. The fourth-order valence-electron chi connectivity index (χ4n) is 3.12. The second kappa shape index (κ2) is 11.4. The van der Waals surface area contributed by atoms with Crippen LogP contribution in [0, 0.1) is 13.8 Å². The van der Waals surface area contributed by atoms with Crippen LogP contribution >= 0.6 is 0 Å². The Morgan fingerprint density at radius 1 is 0.844 bits per heavy atom. The summed E-state index contributed by atoms with van der Waals surface area (Å²) in [5.41, 5.74) is 8.00. The number of nitrogens with one attached hydrogen (secondary N) is 2. The van der Waals surface area contributed by atoms with E-state index in [1.807, 2.05) is 105 Å². The number of hydrogen-bond donors (Lipinski definition) is 2. The highest BCUT2D eigenvalue weighted by Crippen LogP contribution is 2.16. The number of hydrogen-bond acceptors (Lipinski definition) is 3. The first-order chi connectivity index (χ1) is 15.5. The molecule has 3 aromatic rings. The lowest BCUT2D eigenvalue weighted by atomic mass is 10.1. The number of nitrogens with zero attached hydrogens (tertiary/aromatic N) is 1. The second-order valence-corrected chi connectivity index (χ2v) is 7.51. The van der Waals surface area contributed by atoms with Crippen molar-refractivity contribution in [2.45, 2.75) is 26.7 Å². The molecule has 0 saturated heterocycles. The molecule has 162 valence electrons. The average molecular weight is 426 g/mol. The third-order valence-corrected chi connectivity index (χ3v) is 4.84. The monoisotopic (exact) mass is 425 g/mol. The summed E-state index contributed by atoms with van der Waals surface area (Å²) in [4.78, 5) is 24.5. The molecule has 5 nitrogen and oxygen atoms in total. The van der Waals surface area contributed by atoms with Crippen LogP contribution in [0.25, 0.3) is 6.08 Å². The lowest BCUT2D eigenvalue weighted by molar-refractivity contribution is -0.124. The molecule has 2 N–H and O–H groups in total. The molecule has 0 saturated carbocycles. The highest BCUT2D eigenvalue weighted by molar-refractivity contribution is 6.11. The zero-order valence-electron chi connectivity index (χ0n) is 18.3. The van der Waals surface area contributed by atoms with Crippen molar-refractivity contribution in [1.82, 2.24) is 5.43 Å². The van der Waals surface area contributed by atoms with E-state index in [0.29, 0.717) is 5.71 Å². The number of rotatable bonds is 8. The molecule has 0 spiro atoms. The SMILES string of the molecule is Cc1ccc(NC(=O)CCC(=O)NN=C(C=Cc2ccccc2)c2ccccc2)c(C)c1. The highest BCUT2D eigenvalue weighted by atomic mass is 16.2. The predicted octanol–water partition coefficient (Wildman–Crippen LogP) is 5.26. The third-order valence-electron chi connectivity index (χ3n) is 4.84. The smallest absolute Gasteiger partial charge is 0.240 e. The Hall–Kier alpha value is -3.99. The molecule has 3 rings (SSSR count). The topological polar surface area (TPSA) is 70.6 Å². The fourth-order valence-corrected chi connectivity index (χ4v) is 3.12. The molecule has 0 bridgehead atoms. The third kappa shape index (κ3) is 7.06. The van der Waals surface area contributed by atoms with Crippen molar-refractivity contribution < 1.29 is 9.59 Å². The van der Waals surface area contributed by atoms with Gasteiger partial charge in [0, 0.05) is 24.1 Å². The molecule has 32 heavy (non-hydrogen) atoms. The maximum absolute atomic E-state index is 12.3. The highest BCUT2D eigenvalue weighted by Gasteiger charge is 2.09. The molecular formula is C27H27N3O2. The van der Waals surface area contributed by atoms with E-state index >= 15 is 0 Å². The minimum atomic E-state index is -0.317. The van der Waals surface area contributed by atoms with E-state index in [9.17, 15) is 9.59 Å². The zero-order chi connectivity index (χ0) is 22.8. The minimum absolute atomic E-state index is 0.0463. The summed E-state index contributed by atoms with van der Waals surface area (Å²) in [6.45, 7) is 3.94. The van der Waals surface area contributed by atoms with Gasteiger partial charge < -0.3 is 5.32 Å². The quantitative estimate of drug-likeness (QED) is 0.382. The van der Waals surface area contributed by atoms with E-state index in [-0.39, 0.29) is 24.7 Å². The van der Waals surface area contributed by atoms with Gasteiger partial charge in [0.1, 0.15) is 0 Å². The van der Waals surface area contributed by atoms with Crippen molar-refractivity contribution in [1.29, 1.82) is 0 Å². The van der Waals surface area contributed by atoms with Crippen molar-refractivity contribution in [3.63, 3.8) is 0 Å². The molecule has 0 aliphatic heterocycles. The van der Waals surface area contributed by atoms with Crippen molar-refractivity contribution in [2.24, 2.45) is 5.10 Å². The van der Waals surface area contributed by atoms with Gasteiger partial charge in [-0.25, -0.2) is 5.43 Å². The standard InChI is InChI=1S/C27H27N3O2/c1-20-13-15-24(21(2)19-20)28-26(31)17-18-27(32)30-29-25(23-11-7-4-8-12-23)16-14-22-9-5-3-6-10-22/h3-16,19H,17-18H2,1-2H3,(H,28,31)(H,30,32). The van der Waals surface area contributed by atoms with Crippen molar-refractivity contribution in [3.05, 3.63) is 107 Å². The summed E-state index contributed by atoms with van der Waals surface area (Å²) in [6, 6.07) is 25.3. The largest absolute Gasteiger partial charge is 0.326 e. The number of allylic oxidation sites excluding steroid dienone is 1. The van der Waals surface area contributed by atoms with E-state index in [1.54, 1.807) is 0 Å². The second-order valence-electron chi connectivity index (χ2n) is 7.51. The summed E-state index contributed by atoms with van der Waals surface area (Å²) in [6.07, 6.45) is 3.92. The summed E-state index contributed by atoms with van der Waals surface area (Å²) in [7, 11) is 0. The van der Waals surface area contributed by atoms with Gasteiger partial charge in [0.15, 0.2) is 0 Å². The molecule has 0 atom stereocenters. The summed E-state index contributed by atoms with van der Waals surface area (Å²) in [5.74, 6) is -0.523. The van der Waals surface area contributed by atoms with Gasteiger partial charge in [-0.15, -0.1) is 0 Å². The molecule has 0 aliphatic rings. The van der Waals surface area contributed by atoms with Gasteiger partial charge in [0.05, 0.1) is 5.71 Å². The molecule has 0 heterocycles. The Kier molecular flexibility index (Phi) is 8.09. The molecule has 0 unspecified atom stereocenters. The maximum atomic E-state index is 12.3. The Labute approximate surface area is 188 Å². The first kappa shape index (κ1) is 22.7. The van der Waals surface area contributed by atoms with Crippen LogP contribution in [0.4, 0.5) is 5.69 Å². The summed E-state index contributed by atoms with van der Waals surface area (Å²) < 4.78 is 0. The van der Waals surface area contributed by atoms with Crippen LogP contribution in [0.1, 0.15) is 35.1 Å². The molecule has 0 aromatic heterocycles. The Bertz CT molecular complexity index is 1120. The van der Waals surface area contributed by atoms with Gasteiger partial charge in [0.2, 0.25) is 11.8 Å². The van der Waals surface area contributed by atoms with Crippen LogP contribution in [0.2, 0.25) is 0 Å². The van der Waals surface area contributed by atoms with Crippen LogP contribution in [0.3, 0.4) is 0 Å². The predicted molar refractivity (Wildman–Crippen MR) is 130 cm³/mol. The van der Waals surface area contributed by atoms with Gasteiger partial charge in [-0.05, 0) is 37.1 Å². The van der Waals surface area contributed by atoms with Gasteiger partial charge in [-0.2, -0.15) is 5.10 Å². The fraction of sp³-hybridized carbons (Fsp3) is 0.148. The number of hydrazone groups is 1. The molecule has 0 fully saturated rings. The van der Waals surface area contributed by atoms with E-state index in [2.05, 4.69) is 15.8 Å². The van der Waals surface area contributed by atoms with Crippen LogP contribution < -0.4 is 10.7 Å². The van der Waals surface area contributed by atoms with Crippen LogP contribution in [-0.2, 0) is 9.59 Å². The number of carbonyl (C=O) groups is 2. The Morgan fingerprint density at radius 3 is 2.19 bits per heavy atom. The van der Waals surface area contributed by atoms with Crippen molar-refractivity contribution in [2.75, 3.05) is 5.32 Å². The van der Waals surface area contributed by atoms with E-state index in [4.69, 9.17) is 0 Å². The molecule has 2 amide bonds. The number of anilines is 1. The van der Waals surface area contributed by atoms with Gasteiger partial charge in [0.25, 0.3) is 0 Å². The zero-order valence-corrected chi connectivity index (χ0v) is 18.3. The van der Waals surface area contributed by atoms with Gasteiger partial charge >= 0.3 is 0 Å². The number of carbonyl (C=O) groups excluding carboxylic acids is 2. The first-order valence-corrected chi connectivity index (χ1v) is 10.5. The van der Waals surface area contributed by atoms with E-state index < -0.39 is 0 Å². The Morgan fingerprint density at radius 2 is 1.50 bits per heavy atom. The van der Waals surface area contributed by atoms with E-state index in [0.717, 1.165) is 27.9 Å². The van der Waals surface area contributed by atoms with E-state index in [1.165, 1.54) is 0 Å². The number of amides is 2. The number of benzene rings is 3. The molecule has 0 aliphatic carbocycles. The molecule has 0 radical (unpaired) electrons. The summed E-state index contributed by atoms with van der Waals surface area (Å²) in [5, 5.41) is 7.15. The minimum Gasteiger partial charge on any atom is -0.326 e. The first-order valence-electron chi connectivity index (χ1n) is 10.5. The summed E-state index contributed by atoms with van der Waals surface area (Å²) >= 11 is 0. The van der Waals surface area contributed by atoms with Crippen molar-refractivity contribution >= 4 is 29.3 Å². The van der Waals surface area contributed by atoms with Gasteiger partial charge in [-0.3, -0.25) is 9.59 Å². The maximum Gasteiger partial charge on any atom is 0.240 e. The normalized spacial score (nSPS) is 11.4. The van der Waals surface area contributed by atoms with Crippen LogP contribution in [0.5, 0.6) is 0 Å². The lowest BCUT2D eigenvalue weighted by Crippen LogP contribution is -2.22. The molecule has 5 heteroatoms. The molecular weight excluding hydrogens is 398 g/mol. The van der Waals surface area contributed by atoms with Crippen LogP contribution in [0.15, 0.2) is 90.0 Å².